The number of piperidine rings is 2. The second kappa shape index (κ2) is 23.6. The SMILES string of the molecule is CN1CC[C@H]2CC[C@@H](C(=O)NC(CCC(N)=O)C(=O)NC(C(=O)N3CCC(CCC#Cc4cccc5c4CN(C4CCC(=O)NC4=O)C5=O)CC3)C(C)(C)C)N2C(=O)[C@@H](NC(=O)c2cc3cc(C(F)(F)P(=O)(O)O)ccc3s2)C1. The van der Waals surface area contributed by atoms with Crippen LogP contribution in [0.1, 0.15) is 128 Å². The van der Waals surface area contributed by atoms with Gasteiger partial charge in [0.1, 0.15) is 30.2 Å². The van der Waals surface area contributed by atoms with Gasteiger partial charge in [-0.2, -0.15) is 8.78 Å². The number of alkyl halides is 2. The lowest BCUT2D eigenvalue weighted by molar-refractivity contribution is -0.144. The van der Waals surface area contributed by atoms with Gasteiger partial charge in [-0.3, -0.25) is 53.0 Å². The third kappa shape index (κ3) is 13.0. The highest BCUT2D eigenvalue weighted by molar-refractivity contribution is 7.52. The number of thiophene rings is 1. The van der Waals surface area contributed by atoms with Crippen LogP contribution in [-0.2, 0) is 50.3 Å². The van der Waals surface area contributed by atoms with Crippen LogP contribution in [0.3, 0.4) is 0 Å². The summed E-state index contributed by atoms with van der Waals surface area (Å²) in [5.74, 6) is 1.85. The fourth-order valence-electron chi connectivity index (χ4n) is 11.1. The molecule has 0 saturated carbocycles. The number of nitrogens with zero attached hydrogens (tertiary/aromatic N) is 4. The Morgan fingerprint density at radius 3 is 2.37 bits per heavy atom. The number of nitrogens with one attached hydrogen (secondary N) is 4. The molecule has 8 N–H and O–H groups in total. The van der Waals surface area contributed by atoms with Crippen LogP contribution in [0, 0.1) is 23.2 Å². The quantitative estimate of drug-likeness (QED) is 0.0655. The molecule has 0 radical (unpaired) electrons. The van der Waals surface area contributed by atoms with E-state index in [2.05, 4.69) is 33.1 Å². The first-order chi connectivity index (χ1) is 37.2. The molecule has 3 aromatic rings. The van der Waals surface area contributed by atoms with Crippen LogP contribution in [0.5, 0.6) is 0 Å². The molecule has 21 nitrogen and oxygen atoms in total. The number of nitrogens with two attached hydrogens (primary N) is 1. The molecule has 0 bridgehead atoms. The number of carbonyl (C=O) groups is 9. The summed E-state index contributed by atoms with van der Waals surface area (Å²) >= 11 is 0.924. The first kappa shape index (κ1) is 58.5. The maximum absolute atomic E-state index is 14.5. The smallest absolute Gasteiger partial charge is 0.370 e. The van der Waals surface area contributed by atoms with Crippen LogP contribution in [-0.4, -0.2) is 152 Å². The lowest BCUT2D eigenvalue weighted by atomic mass is 9.84. The Balaban J connectivity index is 0.879. The summed E-state index contributed by atoms with van der Waals surface area (Å²) in [7, 11) is -4.09. The van der Waals surface area contributed by atoms with Crippen LogP contribution >= 0.6 is 18.9 Å². The maximum Gasteiger partial charge on any atom is 0.399 e. The number of fused-ring (bicyclic) bond motifs is 3. The van der Waals surface area contributed by atoms with Crippen molar-refractivity contribution in [3.05, 3.63) is 69.6 Å². The van der Waals surface area contributed by atoms with Gasteiger partial charge in [0.15, 0.2) is 0 Å². The average molecular weight is 1130 g/mol. The highest BCUT2D eigenvalue weighted by atomic mass is 32.1. The van der Waals surface area contributed by atoms with E-state index in [1.54, 1.807) is 44.9 Å². The predicted octanol–water partition coefficient (Wildman–Crippen LogP) is 3.03. The molecule has 6 heterocycles. The number of likely N-dealkylation sites (tertiary alicyclic amines) is 1. The maximum atomic E-state index is 14.5. The molecule has 79 heavy (non-hydrogen) atoms. The monoisotopic (exact) mass is 1130 g/mol. The van der Waals surface area contributed by atoms with Crippen LogP contribution in [0.15, 0.2) is 42.5 Å². The van der Waals surface area contributed by atoms with Crippen molar-refractivity contribution in [3.8, 4) is 11.8 Å². The molecule has 3 unspecified atom stereocenters. The summed E-state index contributed by atoms with van der Waals surface area (Å²) in [6.45, 7) is 7.00. The van der Waals surface area contributed by atoms with Crippen molar-refractivity contribution >= 4 is 82.2 Å². The third-order valence-electron chi connectivity index (χ3n) is 15.6. The second-order valence-electron chi connectivity index (χ2n) is 22.2. The Bertz CT molecular complexity index is 3070. The number of benzene rings is 2. The minimum Gasteiger partial charge on any atom is -0.370 e. The summed E-state index contributed by atoms with van der Waals surface area (Å²) in [6.07, 6.45) is 3.74. The first-order valence-electron chi connectivity index (χ1n) is 26.4. The summed E-state index contributed by atoms with van der Waals surface area (Å²) < 4.78 is 41.0. The standard InChI is InChI=1S/C54H66F2N9O12PS/c1-53(2,3)45(52(74)63-24-20-30(21-25-63)8-5-6-9-31-10-7-11-35-36(31)28-64(50(35)72)39-16-19-44(67)60-47(39)69)61-46(68)37(14-18-43(57)66)58-48(70)40-15-13-34-22-23-62(4)29-38(51(73)65(34)40)59-49(71)42-27-32-26-33(12-17-41(32)79-42)54(55,56)78(75,76)77/h7,10-12,17,26-27,30,34,37-40,45H,5,8,13-16,18-25,28-29H2,1-4H3,(H2,57,66)(H,58,70)(H,59,71)(H,61,68)(H,60,67,69)(H2,75,76,77)/t34-,37?,38+,39?,40+,45?/m1/s1. The lowest BCUT2D eigenvalue weighted by Crippen LogP contribution is -2.62. The zero-order chi connectivity index (χ0) is 57.3. The van der Waals surface area contributed by atoms with E-state index < -0.39 is 95.9 Å². The van der Waals surface area contributed by atoms with E-state index in [1.165, 1.54) is 21.9 Å². The number of primary amides is 1. The minimum absolute atomic E-state index is 0.0341. The summed E-state index contributed by atoms with van der Waals surface area (Å²) in [4.78, 5) is 146. The normalized spacial score (nSPS) is 22.2. The van der Waals surface area contributed by atoms with Crippen molar-refractivity contribution in [1.29, 1.82) is 0 Å². The van der Waals surface area contributed by atoms with Gasteiger partial charge < -0.3 is 51.1 Å². The van der Waals surface area contributed by atoms with Gasteiger partial charge in [0.2, 0.25) is 41.4 Å². The summed E-state index contributed by atoms with van der Waals surface area (Å²) in [5, 5.41) is 10.8. The lowest BCUT2D eigenvalue weighted by Gasteiger charge is -2.39. The molecule has 0 spiro atoms. The zero-order valence-corrected chi connectivity index (χ0v) is 46.1. The average Bonchev–Trinajstić information content (AvgIpc) is 4.17. The molecular formula is C54H66F2N9O12PS. The van der Waals surface area contributed by atoms with Gasteiger partial charge >= 0.3 is 13.3 Å². The Kier molecular flexibility index (Phi) is 17.5. The van der Waals surface area contributed by atoms with Crippen molar-refractivity contribution < 1.29 is 66.3 Å². The fraction of sp³-hybridized carbons (Fsp3) is 0.537. The molecule has 1 aromatic heterocycles. The molecule has 4 saturated heterocycles. The Morgan fingerprint density at radius 1 is 0.949 bits per heavy atom. The number of halogens is 2. The van der Waals surface area contributed by atoms with Gasteiger partial charge in [-0.15, -0.1) is 11.3 Å². The molecule has 424 valence electrons. The second-order valence-corrected chi connectivity index (χ2v) is 25.0. The van der Waals surface area contributed by atoms with Gasteiger partial charge in [0.05, 0.1) is 4.88 Å². The van der Waals surface area contributed by atoms with E-state index in [9.17, 15) is 66.3 Å². The number of hydrogen-bond donors (Lipinski definition) is 7. The molecule has 0 aliphatic carbocycles. The molecule has 5 aliphatic heterocycles. The van der Waals surface area contributed by atoms with Gasteiger partial charge in [-0.05, 0) is 118 Å². The van der Waals surface area contributed by atoms with E-state index in [0.29, 0.717) is 67.6 Å². The van der Waals surface area contributed by atoms with Crippen molar-refractivity contribution in [3.63, 3.8) is 0 Å². The summed E-state index contributed by atoms with van der Waals surface area (Å²) in [5.41, 5.74) is 1.25. The number of carbonyl (C=O) groups excluding carboxylic acids is 9. The van der Waals surface area contributed by atoms with Crippen molar-refractivity contribution in [2.45, 2.75) is 140 Å². The van der Waals surface area contributed by atoms with Crippen LogP contribution in [0.25, 0.3) is 10.1 Å². The van der Waals surface area contributed by atoms with E-state index in [-0.39, 0.29) is 79.1 Å². The predicted molar refractivity (Wildman–Crippen MR) is 284 cm³/mol. The minimum atomic E-state index is -5.86. The first-order valence-corrected chi connectivity index (χ1v) is 28.9. The largest absolute Gasteiger partial charge is 0.399 e. The van der Waals surface area contributed by atoms with Crippen molar-refractivity contribution in [1.82, 2.24) is 40.9 Å². The highest BCUT2D eigenvalue weighted by Crippen LogP contribution is 2.59. The van der Waals surface area contributed by atoms with E-state index in [0.717, 1.165) is 35.5 Å². The summed E-state index contributed by atoms with van der Waals surface area (Å²) in [6, 6.07) is 3.78. The number of hydrogen-bond acceptors (Lipinski definition) is 12. The van der Waals surface area contributed by atoms with Gasteiger partial charge in [-0.1, -0.05) is 44.7 Å². The molecule has 5 aliphatic rings. The third-order valence-corrected chi connectivity index (χ3v) is 17.7. The van der Waals surface area contributed by atoms with E-state index >= 15 is 0 Å². The molecule has 9 amide bonds. The van der Waals surface area contributed by atoms with E-state index in [1.807, 2.05) is 11.0 Å². The Labute approximate surface area is 459 Å². The molecule has 2 aromatic carbocycles. The van der Waals surface area contributed by atoms with Crippen molar-refractivity contribution in [2.24, 2.45) is 17.1 Å². The number of likely N-dealkylation sites (N-methyl/N-ethyl adjacent to an activating group) is 1. The van der Waals surface area contributed by atoms with Gasteiger partial charge in [-0.25, -0.2) is 0 Å². The Morgan fingerprint density at radius 2 is 1.68 bits per heavy atom. The van der Waals surface area contributed by atoms with Gasteiger partial charge in [0, 0.05) is 72.9 Å². The molecule has 8 rings (SSSR count). The van der Waals surface area contributed by atoms with Crippen LogP contribution in [0.4, 0.5) is 8.78 Å². The van der Waals surface area contributed by atoms with Gasteiger partial charge in [0.25, 0.3) is 11.8 Å². The molecule has 4 fully saturated rings. The number of imide groups is 1. The van der Waals surface area contributed by atoms with Crippen molar-refractivity contribution in [2.75, 3.05) is 33.2 Å². The van der Waals surface area contributed by atoms with E-state index in [4.69, 9.17) is 5.73 Å². The topological polar surface area (TPSA) is 298 Å². The highest BCUT2D eigenvalue weighted by Gasteiger charge is 2.51. The molecule has 25 heteroatoms. The Hall–Kier alpha value is -6.64. The molecule has 6 atom stereocenters. The zero-order valence-electron chi connectivity index (χ0n) is 44.4. The number of amides is 9. The molecular weight excluding hydrogens is 1070 g/mol. The van der Waals surface area contributed by atoms with Crippen LogP contribution < -0.4 is 27.0 Å². The fourth-order valence-corrected chi connectivity index (χ4v) is 12.5. The number of rotatable bonds is 15. The van der Waals surface area contributed by atoms with Crippen LogP contribution in [0.2, 0.25) is 0 Å².